The van der Waals surface area contributed by atoms with E-state index >= 15 is 0 Å². The SMILES string of the molecule is CNC1CCCN(C(=O)CCNC(=O)c2n[nH]c3ccccc23)C1.Cl. The van der Waals surface area contributed by atoms with E-state index < -0.39 is 0 Å². The zero-order valence-electron chi connectivity index (χ0n) is 14.2. The van der Waals surface area contributed by atoms with E-state index in [4.69, 9.17) is 0 Å². The average molecular weight is 366 g/mol. The molecule has 1 saturated heterocycles. The van der Waals surface area contributed by atoms with Gasteiger partial charge in [0, 0.05) is 37.5 Å². The van der Waals surface area contributed by atoms with E-state index in [1.165, 1.54) is 0 Å². The number of amides is 2. The molecule has 1 aromatic heterocycles. The summed E-state index contributed by atoms with van der Waals surface area (Å²) in [6, 6.07) is 7.85. The first-order valence-electron chi connectivity index (χ1n) is 8.35. The molecule has 1 atom stereocenters. The third-order valence-electron chi connectivity index (χ3n) is 4.49. The van der Waals surface area contributed by atoms with Crippen molar-refractivity contribution < 1.29 is 9.59 Å². The molecule has 1 aliphatic heterocycles. The van der Waals surface area contributed by atoms with Gasteiger partial charge in [-0.15, -0.1) is 12.4 Å². The van der Waals surface area contributed by atoms with E-state index in [-0.39, 0.29) is 24.2 Å². The van der Waals surface area contributed by atoms with Gasteiger partial charge in [-0.05, 0) is 26.0 Å². The summed E-state index contributed by atoms with van der Waals surface area (Å²) >= 11 is 0. The van der Waals surface area contributed by atoms with Crippen molar-refractivity contribution in [3.63, 3.8) is 0 Å². The molecule has 0 radical (unpaired) electrons. The monoisotopic (exact) mass is 365 g/mol. The van der Waals surface area contributed by atoms with Crippen molar-refractivity contribution in [2.75, 3.05) is 26.7 Å². The summed E-state index contributed by atoms with van der Waals surface area (Å²) < 4.78 is 0. The van der Waals surface area contributed by atoms with Gasteiger partial charge in [-0.3, -0.25) is 14.7 Å². The molecule has 7 nitrogen and oxygen atoms in total. The molecular weight excluding hydrogens is 342 g/mol. The molecule has 2 heterocycles. The van der Waals surface area contributed by atoms with Crippen LogP contribution in [0.4, 0.5) is 0 Å². The summed E-state index contributed by atoms with van der Waals surface area (Å²) in [6.45, 7) is 1.86. The van der Waals surface area contributed by atoms with Crippen molar-refractivity contribution in [3.05, 3.63) is 30.0 Å². The number of carbonyl (C=O) groups is 2. The number of para-hydroxylation sites is 1. The third-order valence-corrected chi connectivity index (χ3v) is 4.49. The van der Waals surface area contributed by atoms with Gasteiger partial charge in [-0.2, -0.15) is 5.10 Å². The third kappa shape index (κ3) is 4.49. The van der Waals surface area contributed by atoms with E-state index in [0.29, 0.717) is 24.7 Å². The second-order valence-corrected chi connectivity index (χ2v) is 6.09. The molecular formula is C17H24ClN5O2. The number of hydrogen-bond donors (Lipinski definition) is 3. The highest BCUT2D eigenvalue weighted by atomic mass is 35.5. The Kier molecular flexibility index (Phi) is 6.78. The second-order valence-electron chi connectivity index (χ2n) is 6.09. The van der Waals surface area contributed by atoms with Gasteiger partial charge < -0.3 is 15.5 Å². The molecule has 3 rings (SSSR count). The first-order chi connectivity index (χ1) is 11.7. The predicted molar refractivity (Wildman–Crippen MR) is 99.0 cm³/mol. The normalized spacial score (nSPS) is 17.2. The summed E-state index contributed by atoms with van der Waals surface area (Å²) in [5.74, 6) is -0.172. The molecule has 1 unspecified atom stereocenters. The Morgan fingerprint density at radius 2 is 2.16 bits per heavy atom. The molecule has 3 N–H and O–H groups in total. The second kappa shape index (κ2) is 8.82. The van der Waals surface area contributed by atoms with Crippen LogP contribution in [0.3, 0.4) is 0 Å². The maximum Gasteiger partial charge on any atom is 0.272 e. The highest BCUT2D eigenvalue weighted by Gasteiger charge is 2.22. The number of H-pyrrole nitrogens is 1. The zero-order valence-corrected chi connectivity index (χ0v) is 15.1. The number of rotatable bonds is 5. The molecule has 8 heteroatoms. The van der Waals surface area contributed by atoms with Gasteiger partial charge in [0.2, 0.25) is 5.91 Å². The molecule has 2 aromatic rings. The summed E-state index contributed by atoms with van der Waals surface area (Å²) in [6.07, 6.45) is 2.43. The van der Waals surface area contributed by atoms with Gasteiger partial charge in [0.15, 0.2) is 5.69 Å². The summed E-state index contributed by atoms with van der Waals surface area (Å²) in [4.78, 5) is 26.4. The lowest BCUT2D eigenvalue weighted by molar-refractivity contribution is -0.132. The number of aromatic amines is 1. The number of aromatic nitrogens is 2. The van der Waals surface area contributed by atoms with Crippen molar-refractivity contribution in [3.8, 4) is 0 Å². The number of piperidine rings is 1. The van der Waals surface area contributed by atoms with Crippen LogP contribution >= 0.6 is 12.4 Å². The lowest BCUT2D eigenvalue weighted by Gasteiger charge is -2.32. The van der Waals surface area contributed by atoms with Crippen LogP contribution in [0.1, 0.15) is 29.8 Å². The first kappa shape index (κ1) is 19.2. The number of nitrogens with zero attached hydrogens (tertiary/aromatic N) is 2. The summed E-state index contributed by atoms with van der Waals surface area (Å²) in [5, 5.41) is 13.7. The molecule has 0 spiro atoms. The summed E-state index contributed by atoms with van der Waals surface area (Å²) in [7, 11) is 1.92. The Labute approximate surface area is 152 Å². The highest BCUT2D eigenvalue weighted by molar-refractivity contribution is 6.04. The Morgan fingerprint density at radius 3 is 2.96 bits per heavy atom. The van der Waals surface area contributed by atoms with Crippen LogP contribution < -0.4 is 10.6 Å². The number of nitrogens with one attached hydrogen (secondary N) is 3. The number of likely N-dealkylation sites (N-methyl/N-ethyl adjacent to an activating group) is 1. The fraction of sp³-hybridized carbons (Fsp3) is 0.471. The van der Waals surface area contributed by atoms with Gasteiger partial charge >= 0.3 is 0 Å². The number of likely N-dealkylation sites (tertiary alicyclic amines) is 1. The zero-order chi connectivity index (χ0) is 16.9. The predicted octanol–water partition coefficient (Wildman–Crippen LogP) is 1.32. The topological polar surface area (TPSA) is 90.1 Å². The Bertz CT molecular complexity index is 733. The lowest BCUT2D eigenvalue weighted by atomic mass is 10.1. The molecule has 25 heavy (non-hydrogen) atoms. The number of fused-ring (bicyclic) bond motifs is 1. The lowest BCUT2D eigenvalue weighted by Crippen LogP contribution is -2.47. The van der Waals surface area contributed by atoms with Crippen molar-refractivity contribution in [2.45, 2.75) is 25.3 Å². The first-order valence-corrected chi connectivity index (χ1v) is 8.35. The Balaban J connectivity index is 0.00000225. The van der Waals surface area contributed by atoms with Crippen molar-refractivity contribution >= 4 is 35.1 Å². The number of hydrogen-bond acceptors (Lipinski definition) is 4. The van der Waals surface area contributed by atoms with E-state index in [1.807, 2.05) is 36.2 Å². The smallest absolute Gasteiger partial charge is 0.272 e. The van der Waals surface area contributed by atoms with Crippen LogP contribution in [-0.4, -0.2) is 59.6 Å². The van der Waals surface area contributed by atoms with Crippen LogP contribution in [-0.2, 0) is 4.79 Å². The van der Waals surface area contributed by atoms with E-state index in [2.05, 4.69) is 20.8 Å². The van der Waals surface area contributed by atoms with Crippen LogP contribution in [0.25, 0.3) is 10.9 Å². The minimum absolute atomic E-state index is 0. The number of benzene rings is 1. The van der Waals surface area contributed by atoms with E-state index in [9.17, 15) is 9.59 Å². The number of halogens is 1. The molecule has 2 amide bonds. The summed E-state index contributed by atoms with van der Waals surface area (Å²) in [5.41, 5.74) is 1.19. The van der Waals surface area contributed by atoms with Crippen LogP contribution in [0.15, 0.2) is 24.3 Å². The minimum atomic E-state index is -0.257. The highest BCUT2D eigenvalue weighted by Crippen LogP contribution is 2.15. The molecule has 1 aliphatic rings. The molecule has 136 valence electrons. The molecule has 1 fully saturated rings. The van der Waals surface area contributed by atoms with Crippen LogP contribution in [0.2, 0.25) is 0 Å². The largest absolute Gasteiger partial charge is 0.350 e. The van der Waals surface area contributed by atoms with E-state index in [0.717, 1.165) is 36.8 Å². The standard InChI is InChI=1S/C17H23N5O2.ClH/c1-18-12-5-4-10-22(11-12)15(23)8-9-19-17(24)16-13-6-2-3-7-14(13)20-21-16;/h2-3,6-7,12,18H,4-5,8-11H2,1H3,(H,19,24)(H,20,21);1H. The minimum Gasteiger partial charge on any atom is -0.350 e. The van der Waals surface area contributed by atoms with E-state index in [1.54, 1.807) is 0 Å². The van der Waals surface area contributed by atoms with Gasteiger partial charge in [-0.25, -0.2) is 0 Å². The fourth-order valence-corrected chi connectivity index (χ4v) is 3.10. The van der Waals surface area contributed by atoms with Crippen molar-refractivity contribution in [2.24, 2.45) is 0 Å². The molecule has 0 bridgehead atoms. The quantitative estimate of drug-likeness (QED) is 0.745. The van der Waals surface area contributed by atoms with Gasteiger partial charge in [-0.1, -0.05) is 18.2 Å². The number of carbonyl (C=O) groups excluding carboxylic acids is 2. The Hall–Kier alpha value is -2.12. The van der Waals surface area contributed by atoms with Crippen molar-refractivity contribution in [1.29, 1.82) is 0 Å². The van der Waals surface area contributed by atoms with Crippen LogP contribution in [0, 0.1) is 0 Å². The maximum atomic E-state index is 12.3. The Morgan fingerprint density at radius 1 is 1.36 bits per heavy atom. The van der Waals surface area contributed by atoms with Crippen molar-refractivity contribution in [1.82, 2.24) is 25.7 Å². The van der Waals surface area contributed by atoms with Gasteiger partial charge in [0.1, 0.15) is 0 Å². The average Bonchev–Trinajstić information content (AvgIpc) is 3.05. The van der Waals surface area contributed by atoms with Crippen LogP contribution in [0.5, 0.6) is 0 Å². The van der Waals surface area contributed by atoms with Gasteiger partial charge in [0.05, 0.1) is 5.52 Å². The maximum absolute atomic E-state index is 12.3. The fourth-order valence-electron chi connectivity index (χ4n) is 3.10. The van der Waals surface area contributed by atoms with Gasteiger partial charge in [0.25, 0.3) is 5.91 Å². The molecule has 0 saturated carbocycles. The molecule has 1 aromatic carbocycles. The molecule has 0 aliphatic carbocycles.